The Bertz CT molecular complexity index is 1470. The average molecular weight is 638 g/mol. The van der Waals surface area contributed by atoms with Gasteiger partial charge in [-0.05, 0) is 73.2 Å². The van der Waals surface area contributed by atoms with Crippen LogP contribution in [0.3, 0.4) is 0 Å². The molecule has 0 aliphatic heterocycles. The molecule has 3 aromatic carbocycles. The van der Waals surface area contributed by atoms with Crippen LogP contribution in [0.15, 0.2) is 54.6 Å². The van der Waals surface area contributed by atoms with Crippen LogP contribution in [0.25, 0.3) is 0 Å². The summed E-state index contributed by atoms with van der Waals surface area (Å²) in [6.45, 7) is 6.28. The second-order valence-electron chi connectivity index (χ2n) is 10.9. The average Bonchev–Trinajstić information content (AvgIpc) is 2.98. The van der Waals surface area contributed by atoms with Crippen LogP contribution < -0.4 is 10.6 Å². The molecule has 0 aliphatic carbocycles. The summed E-state index contributed by atoms with van der Waals surface area (Å²) in [6.07, 6.45) is -5.05. The summed E-state index contributed by atoms with van der Waals surface area (Å²) in [5.74, 6) is -4.85. The van der Waals surface area contributed by atoms with E-state index in [0.29, 0.717) is 24.7 Å². The van der Waals surface area contributed by atoms with Gasteiger partial charge in [0.25, 0.3) is 11.8 Å². The molecule has 0 aromatic heterocycles. The summed E-state index contributed by atoms with van der Waals surface area (Å²) in [6, 6.07) is 8.96. The van der Waals surface area contributed by atoms with Crippen molar-refractivity contribution in [3.8, 4) is 0 Å². The predicted molar refractivity (Wildman–Crippen MR) is 158 cm³/mol. The maximum Gasteiger partial charge on any atom is 0.416 e. The van der Waals surface area contributed by atoms with Gasteiger partial charge in [-0.2, -0.15) is 13.2 Å². The molecule has 0 saturated heterocycles. The second kappa shape index (κ2) is 15.9. The van der Waals surface area contributed by atoms with E-state index in [1.165, 1.54) is 24.3 Å². The third-order valence-corrected chi connectivity index (χ3v) is 7.09. The molecule has 0 fully saturated rings. The smallest absolute Gasteiger partial charge is 0.390 e. The zero-order valence-electron chi connectivity index (χ0n) is 25.3. The number of nitrogens with one attached hydrogen (secondary N) is 2. The number of alkyl halides is 3. The minimum absolute atomic E-state index is 0.0753. The van der Waals surface area contributed by atoms with Crippen molar-refractivity contribution >= 4 is 11.8 Å². The van der Waals surface area contributed by atoms with Gasteiger partial charge in [-0.3, -0.25) is 9.59 Å². The van der Waals surface area contributed by atoms with Gasteiger partial charge < -0.3 is 20.6 Å². The Morgan fingerprint density at radius 3 is 2.24 bits per heavy atom. The summed E-state index contributed by atoms with van der Waals surface area (Å²) in [4.78, 5) is 28.3. The molecule has 0 unspecified atom stereocenters. The quantitative estimate of drug-likeness (QED) is 0.146. The normalized spacial score (nSPS) is 12.9. The fourth-order valence-electron chi connectivity index (χ4n) is 4.97. The molecule has 0 spiro atoms. The number of carbonyl (C=O) groups is 2. The molecule has 2 amide bonds. The first kappa shape index (κ1) is 35.6. The van der Waals surface area contributed by atoms with E-state index < -0.39 is 59.2 Å². The fraction of sp³-hybridized carbons (Fsp3) is 0.394. The van der Waals surface area contributed by atoms with Crippen LogP contribution in [0.1, 0.15) is 69.7 Å². The SMILES string of the molecule is CCCN(CCC)C(=O)c1cc(C)cc(C(=O)N[C@@H](Cc2cc(F)cc(F)c2F)[C@H](O)CNCc2cccc(C(F)(F)F)c2)c1. The van der Waals surface area contributed by atoms with E-state index in [2.05, 4.69) is 10.6 Å². The summed E-state index contributed by atoms with van der Waals surface area (Å²) in [5.41, 5.74) is -0.0549. The highest BCUT2D eigenvalue weighted by atomic mass is 19.4. The van der Waals surface area contributed by atoms with E-state index in [0.717, 1.165) is 31.0 Å². The van der Waals surface area contributed by atoms with Gasteiger partial charge >= 0.3 is 6.18 Å². The Balaban J connectivity index is 1.84. The van der Waals surface area contributed by atoms with E-state index in [1.54, 1.807) is 17.9 Å². The summed E-state index contributed by atoms with van der Waals surface area (Å²) in [7, 11) is 0. The number of hydrogen-bond donors (Lipinski definition) is 3. The lowest BCUT2D eigenvalue weighted by atomic mass is 9.98. The van der Waals surface area contributed by atoms with E-state index in [9.17, 15) is 41.0 Å². The number of amides is 2. The topological polar surface area (TPSA) is 81.7 Å². The van der Waals surface area contributed by atoms with Gasteiger partial charge in [0.1, 0.15) is 5.82 Å². The largest absolute Gasteiger partial charge is 0.416 e. The number of halogens is 6. The molecular weight excluding hydrogens is 600 g/mol. The highest BCUT2D eigenvalue weighted by Gasteiger charge is 2.30. The van der Waals surface area contributed by atoms with Crippen LogP contribution in [0.5, 0.6) is 0 Å². The number of hydrogen-bond acceptors (Lipinski definition) is 4. The van der Waals surface area contributed by atoms with Crippen molar-refractivity contribution in [1.29, 1.82) is 0 Å². The summed E-state index contributed by atoms with van der Waals surface area (Å²) < 4.78 is 81.7. The van der Waals surface area contributed by atoms with E-state index in [-0.39, 0.29) is 35.7 Å². The maximum absolute atomic E-state index is 14.6. The van der Waals surface area contributed by atoms with Gasteiger partial charge in [-0.25, -0.2) is 13.2 Å². The molecule has 0 saturated carbocycles. The first-order chi connectivity index (χ1) is 21.2. The molecule has 45 heavy (non-hydrogen) atoms. The number of aliphatic hydroxyl groups is 1. The number of aryl methyl sites for hydroxylation is 1. The number of carbonyl (C=O) groups excluding carboxylic acids is 2. The van der Waals surface area contributed by atoms with Crippen LogP contribution in [0.4, 0.5) is 26.3 Å². The Morgan fingerprint density at radius 1 is 0.933 bits per heavy atom. The molecule has 0 radical (unpaired) electrons. The van der Waals surface area contributed by atoms with E-state index in [1.807, 2.05) is 13.8 Å². The summed E-state index contributed by atoms with van der Waals surface area (Å²) >= 11 is 0. The third-order valence-electron chi connectivity index (χ3n) is 7.09. The van der Waals surface area contributed by atoms with Crippen LogP contribution in [0, 0.1) is 24.4 Å². The maximum atomic E-state index is 14.6. The van der Waals surface area contributed by atoms with Crippen LogP contribution in [-0.2, 0) is 19.1 Å². The van der Waals surface area contributed by atoms with Gasteiger partial charge in [-0.1, -0.05) is 32.0 Å². The molecule has 3 rings (SSSR count). The lowest BCUT2D eigenvalue weighted by molar-refractivity contribution is -0.137. The highest BCUT2D eigenvalue weighted by molar-refractivity contribution is 6.00. The molecular formula is C33H37F6N3O3. The number of benzene rings is 3. The highest BCUT2D eigenvalue weighted by Crippen LogP contribution is 2.29. The summed E-state index contributed by atoms with van der Waals surface area (Å²) in [5, 5.41) is 16.4. The van der Waals surface area contributed by atoms with Gasteiger partial charge in [0, 0.05) is 43.4 Å². The predicted octanol–water partition coefficient (Wildman–Crippen LogP) is 6.19. The van der Waals surface area contributed by atoms with Gasteiger partial charge in [-0.15, -0.1) is 0 Å². The van der Waals surface area contributed by atoms with Crippen molar-refractivity contribution < 1.29 is 41.0 Å². The third kappa shape index (κ3) is 10.1. The monoisotopic (exact) mass is 637 g/mol. The van der Waals surface area contributed by atoms with E-state index in [4.69, 9.17) is 0 Å². The van der Waals surface area contributed by atoms with Gasteiger partial charge in [0.15, 0.2) is 11.6 Å². The Labute approximate surface area is 258 Å². The van der Waals surface area contributed by atoms with E-state index >= 15 is 0 Å². The molecule has 244 valence electrons. The molecule has 3 N–H and O–H groups in total. The van der Waals surface area contributed by atoms with Crippen LogP contribution in [0.2, 0.25) is 0 Å². The van der Waals surface area contributed by atoms with Crippen molar-refractivity contribution in [2.75, 3.05) is 19.6 Å². The fourth-order valence-corrected chi connectivity index (χ4v) is 4.97. The van der Waals surface area contributed by atoms with Gasteiger partial charge in [0.05, 0.1) is 17.7 Å². The van der Waals surface area contributed by atoms with Gasteiger partial charge in [0.2, 0.25) is 0 Å². The van der Waals surface area contributed by atoms with Crippen molar-refractivity contribution in [2.24, 2.45) is 0 Å². The van der Waals surface area contributed by atoms with Crippen LogP contribution >= 0.6 is 0 Å². The molecule has 6 nitrogen and oxygen atoms in total. The molecule has 12 heteroatoms. The minimum Gasteiger partial charge on any atom is -0.390 e. The zero-order valence-corrected chi connectivity index (χ0v) is 25.3. The lowest BCUT2D eigenvalue weighted by Crippen LogP contribution is -2.49. The molecule has 0 bridgehead atoms. The van der Waals surface area contributed by atoms with Crippen molar-refractivity contribution in [3.05, 3.63) is 105 Å². The zero-order chi connectivity index (χ0) is 33.3. The minimum atomic E-state index is -4.54. The van der Waals surface area contributed by atoms with Crippen molar-refractivity contribution in [3.63, 3.8) is 0 Å². The lowest BCUT2D eigenvalue weighted by Gasteiger charge is -2.26. The number of nitrogens with zero attached hydrogens (tertiary/aromatic N) is 1. The van der Waals surface area contributed by atoms with Crippen molar-refractivity contribution in [1.82, 2.24) is 15.5 Å². The number of rotatable bonds is 14. The Kier molecular flexibility index (Phi) is 12.6. The first-order valence-electron chi connectivity index (χ1n) is 14.6. The second-order valence-corrected chi connectivity index (χ2v) is 10.9. The first-order valence-corrected chi connectivity index (χ1v) is 14.6. The molecule has 0 aliphatic rings. The molecule has 0 heterocycles. The van der Waals surface area contributed by atoms with Crippen LogP contribution in [-0.4, -0.2) is 53.6 Å². The Morgan fingerprint density at radius 2 is 1.60 bits per heavy atom. The standard InChI is InChI=1S/C33H37F6N3O3/c1-4-9-42(10-5-2)32(45)24-12-20(3)11-23(14-24)31(44)41-28(16-22-15-26(34)17-27(35)30(22)36)29(43)19-40-18-21-7-6-8-25(13-21)33(37,38)39/h6-8,11-15,17,28-29,40,43H,4-5,9-10,16,18-19H2,1-3H3,(H,41,44)/t28-,29+/m0/s1. The molecule has 3 aromatic rings. The Hall–Kier alpha value is -3.90. The number of aliphatic hydroxyl groups excluding tert-OH is 1. The molecule has 2 atom stereocenters. The van der Waals surface area contributed by atoms with Crippen molar-refractivity contribution in [2.45, 2.75) is 64.9 Å².